The number of carbonyl (C=O) groups is 1. The molecule has 2 heterocycles. The Hall–Kier alpha value is -1.14. The molecule has 6 heteroatoms. The summed E-state index contributed by atoms with van der Waals surface area (Å²) in [6.45, 7) is 3.12. The molecule has 2 aliphatic heterocycles. The number of nitrogens with one attached hydrogen (secondary N) is 1. The van der Waals surface area contributed by atoms with Crippen molar-refractivity contribution in [3.63, 3.8) is 0 Å². The van der Waals surface area contributed by atoms with Crippen LogP contribution < -0.4 is 5.32 Å². The van der Waals surface area contributed by atoms with Gasteiger partial charge in [-0.25, -0.2) is 0 Å². The minimum Gasteiger partial charge on any atom is -0.346 e. The van der Waals surface area contributed by atoms with Crippen molar-refractivity contribution in [3.05, 3.63) is 29.3 Å². The van der Waals surface area contributed by atoms with E-state index in [1.54, 1.807) is 12.1 Å². The van der Waals surface area contributed by atoms with Crippen LogP contribution in [0.25, 0.3) is 0 Å². The van der Waals surface area contributed by atoms with Crippen molar-refractivity contribution in [1.82, 2.24) is 4.90 Å². The van der Waals surface area contributed by atoms with E-state index in [1.807, 2.05) is 12.1 Å². The zero-order chi connectivity index (χ0) is 14.7. The van der Waals surface area contributed by atoms with Crippen molar-refractivity contribution >= 4 is 23.2 Å². The van der Waals surface area contributed by atoms with Crippen molar-refractivity contribution in [1.29, 1.82) is 0 Å². The number of hydrogen-bond donors (Lipinski definition) is 1. The van der Waals surface area contributed by atoms with Gasteiger partial charge < -0.3 is 14.8 Å². The number of rotatable bonds is 3. The highest BCUT2D eigenvalue weighted by Crippen LogP contribution is 2.30. The molecule has 0 bridgehead atoms. The molecule has 0 unspecified atom stereocenters. The Bertz CT molecular complexity index is 517. The molecule has 1 aromatic carbocycles. The van der Waals surface area contributed by atoms with E-state index in [4.69, 9.17) is 21.1 Å². The van der Waals surface area contributed by atoms with Gasteiger partial charge in [-0.15, -0.1) is 0 Å². The molecule has 3 rings (SSSR count). The third kappa shape index (κ3) is 3.55. The van der Waals surface area contributed by atoms with Crippen LogP contribution in [0.1, 0.15) is 12.8 Å². The first-order valence-corrected chi connectivity index (χ1v) is 7.59. The van der Waals surface area contributed by atoms with Crippen LogP contribution in [-0.2, 0) is 14.3 Å². The van der Waals surface area contributed by atoms with Crippen LogP contribution in [-0.4, -0.2) is 49.4 Å². The summed E-state index contributed by atoms with van der Waals surface area (Å²) in [5.41, 5.74) is 0.643. The second-order valence-corrected chi connectivity index (χ2v) is 5.86. The van der Waals surface area contributed by atoms with E-state index < -0.39 is 5.79 Å². The molecule has 2 aliphatic rings. The average molecular weight is 311 g/mol. The average Bonchev–Trinajstić information content (AvgIpc) is 2.89. The number of likely N-dealkylation sites (tertiary alicyclic amines) is 1. The number of piperidine rings is 1. The molecular formula is C15H19ClN2O3. The lowest BCUT2D eigenvalue weighted by molar-refractivity contribution is -0.189. The minimum absolute atomic E-state index is 0.0712. The molecule has 0 atom stereocenters. The summed E-state index contributed by atoms with van der Waals surface area (Å²) >= 11 is 6.04. The predicted octanol–water partition coefficient (Wildman–Crippen LogP) is 2.12. The summed E-state index contributed by atoms with van der Waals surface area (Å²) in [4.78, 5) is 14.2. The van der Waals surface area contributed by atoms with Crippen LogP contribution in [0, 0.1) is 0 Å². The van der Waals surface area contributed by atoms with Gasteiger partial charge in [-0.3, -0.25) is 9.69 Å². The number of carbonyl (C=O) groups excluding carboxylic acids is 1. The Morgan fingerprint density at radius 3 is 2.86 bits per heavy atom. The van der Waals surface area contributed by atoms with Crippen molar-refractivity contribution in [2.75, 3.05) is 38.2 Å². The molecule has 5 nitrogen and oxygen atoms in total. The molecule has 21 heavy (non-hydrogen) atoms. The number of nitrogens with zero attached hydrogens (tertiary/aromatic N) is 1. The molecule has 114 valence electrons. The lowest BCUT2D eigenvalue weighted by atomic mass is 10.0. The van der Waals surface area contributed by atoms with Crippen LogP contribution in [0.15, 0.2) is 24.3 Å². The highest BCUT2D eigenvalue weighted by molar-refractivity contribution is 6.33. The highest BCUT2D eigenvalue weighted by Gasteiger charge is 2.40. The van der Waals surface area contributed by atoms with Gasteiger partial charge in [-0.2, -0.15) is 0 Å². The van der Waals surface area contributed by atoms with E-state index in [2.05, 4.69) is 10.2 Å². The minimum atomic E-state index is -0.497. The van der Waals surface area contributed by atoms with E-state index in [0.717, 1.165) is 19.4 Å². The zero-order valence-electron chi connectivity index (χ0n) is 11.8. The van der Waals surface area contributed by atoms with E-state index in [0.29, 0.717) is 37.0 Å². The van der Waals surface area contributed by atoms with Crippen molar-refractivity contribution in [2.24, 2.45) is 0 Å². The Morgan fingerprint density at radius 2 is 2.10 bits per heavy atom. The molecule has 0 aromatic heterocycles. The van der Waals surface area contributed by atoms with Gasteiger partial charge in [0.25, 0.3) is 0 Å². The van der Waals surface area contributed by atoms with Gasteiger partial charge in [0.2, 0.25) is 5.91 Å². The van der Waals surface area contributed by atoms with Gasteiger partial charge in [0.15, 0.2) is 5.79 Å². The third-order valence-corrected chi connectivity index (χ3v) is 4.15. The van der Waals surface area contributed by atoms with Crippen molar-refractivity contribution in [2.45, 2.75) is 18.6 Å². The second kappa shape index (κ2) is 6.32. The van der Waals surface area contributed by atoms with Crippen molar-refractivity contribution < 1.29 is 14.3 Å². The standard InChI is InChI=1S/C15H19ClN2O3/c16-12-4-1-2-5-13(12)17-14(19)10-18-7-3-6-15(11-18)20-8-9-21-15/h1-2,4-5H,3,6-11H2,(H,17,19). The number of amides is 1. The zero-order valence-corrected chi connectivity index (χ0v) is 12.6. The summed E-state index contributed by atoms with van der Waals surface area (Å²) < 4.78 is 11.4. The molecule has 1 amide bonds. The number of halogens is 1. The number of benzene rings is 1. The fraction of sp³-hybridized carbons (Fsp3) is 0.533. The van der Waals surface area contributed by atoms with Gasteiger partial charge in [-0.05, 0) is 25.1 Å². The van der Waals surface area contributed by atoms with E-state index in [9.17, 15) is 4.79 Å². The number of ether oxygens (including phenoxy) is 2. The van der Waals surface area contributed by atoms with Gasteiger partial charge in [0.1, 0.15) is 0 Å². The summed E-state index contributed by atoms with van der Waals surface area (Å²) in [6, 6.07) is 7.23. The molecule has 0 aliphatic carbocycles. The molecule has 0 radical (unpaired) electrons. The topological polar surface area (TPSA) is 50.8 Å². The molecular weight excluding hydrogens is 292 g/mol. The van der Waals surface area contributed by atoms with Crippen LogP contribution in [0.5, 0.6) is 0 Å². The maximum atomic E-state index is 12.1. The van der Waals surface area contributed by atoms with Gasteiger partial charge in [-0.1, -0.05) is 23.7 Å². The third-order valence-electron chi connectivity index (χ3n) is 3.83. The molecule has 1 aromatic rings. The molecule has 2 saturated heterocycles. The Balaban J connectivity index is 1.56. The van der Waals surface area contributed by atoms with Crippen LogP contribution in [0.3, 0.4) is 0 Å². The first-order chi connectivity index (χ1) is 10.2. The number of para-hydroxylation sites is 1. The quantitative estimate of drug-likeness (QED) is 0.929. The molecule has 1 spiro atoms. The number of hydrogen-bond acceptors (Lipinski definition) is 4. The Kier molecular flexibility index (Phi) is 4.45. The van der Waals surface area contributed by atoms with Crippen LogP contribution in [0.2, 0.25) is 5.02 Å². The lowest BCUT2D eigenvalue weighted by Gasteiger charge is -2.38. The SMILES string of the molecule is O=C(CN1CCCC2(C1)OCCO2)Nc1ccccc1Cl. The monoisotopic (exact) mass is 310 g/mol. The highest BCUT2D eigenvalue weighted by atomic mass is 35.5. The van der Waals surface area contributed by atoms with E-state index >= 15 is 0 Å². The fourth-order valence-corrected chi connectivity index (χ4v) is 3.08. The van der Waals surface area contributed by atoms with Crippen LogP contribution >= 0.6 is 11.6 Å². The largest absolute Gasteiger partial charge is 0.346 e. The summed E-state index contributed by atoms with van der Waals surface area (Å²) in [5.74, 6) is -0.568. The van der Waals surface area contributed by atoms with Gasteiger partial charge in [0.05, 0.1) is 37.0 Å². The van der Waals surface area contributed by atoms with Gasteiger partial charge in [0, 0.05) is 6.42 Å². The second-order valence-electron chi connectivity index (χ2n) is 5.45. The normalized spacial score (nSPS) is 21.6. The maximum absolute atomic E-state index is 12.1. The Labute approximate surface area is 129 Å². The van der Waals surface area contributed by atoms with Gasteiger partial charge >= 0.3 is 0 Å². The molecule has 2 fully saturated rings. The first-order valence-electron chi connectivity index (χ1n) is 7.22. The summed E-state index contributed by atoms with van der Waals surface area (Å²) in [6.07, 6.45) is 1.87. The number of anilines is 1. The van der Waals surface area contributed by atoms with Crippen LogP contribution in [0.4, 0.5) is 5.69 Å². The van der Waals surface area contributed by atoms with E-state index in [1.165, 1.54) is 0 Å². The van der Waals surface area contributed by atoms with Crippen molar-refractivity contribution in [3.8, 4) is 0 Å². The summed E-state index contributed by atoms with van der Waals surface area (Å²) in [5, 5.41) is 3.39. The maximum Gasteiger partial charge on any atom is 0.238 e. The summed E-state index contributed by atoms with van der Waals surface area (Å²) in [7, 11) is 0. The Morgan fingerprint density at radius 1 is 1.33 bits per heavy atom. The van der Waals surface area contributed by atoms with E-state index in [-0.39, 0.29) is 5.91 Å². The molecule has 1 N–H and O–H groups in total. The predicted molar refractivity (Wildman–Crippen MR) is 80.4 cm³/mol. The molecule has 0 saturated carbocycles. The lowest BCUT2D eigenvalue weighted by Crippen LogP contribution is -2.50. The first kappa shape index (κ1) is 14.8. The smallest absolute Gasteiger partial charge is 0.238 e. The fourth-order valence-electron chi connectivity index (χ4n) is 2.89.